The molecule has 0 aliphatic carbocycles. The van der Waals surface area contributed by atoms with E-state index in [4.69, 9.17) is 9.98 Å². The van der Waals surface area contributed by atoms with Gasteiger partial charge in [0.05, 0.1) is 22.8 Å². The van der Waals surface area contributed by atoms with Crippen molar-refractivity contribution in [2.75, 3.05) is 14.1 Å². The van der Waals surface area contributed by atoms with Gasteiger partial charge in [0, 0.05) is 37.7 Å². The lowest BCUT2D eigenvalue weighted by Crippen LogP contribution is -2.10. The lowest BCUT2D eigenvalue weighted by atomic mass is 9.87. The summed E-state index contributed by atoms with van der Waals surface area (Å²) in [7, 11) is 3.93. The van der Waals surface area contributed by atoms with Crippen molar-refractivity contribution < 1.29 is 0 Å². The number of nitrogens with zero attached hydrogens (tertiary/aromatic N) is 2. The molecular weight excluding hydrogens is 585 g/mol. The predicted octanol–water partition coefficient (Wildman–Crippen LogP) is 10.3. The highest BCUT2D eigenvalue weighted by molar-refractivity contribution is 6.24. The summed E-state index contributed by atoms with van der Waals surface area (Å²) >= 11 is 0. The van der Waals surface area contributed by atoms with Gasteiger partial charge in [0.25, 0.3) is 0 Å². The molecule has 0 aromatic heterocycles. The van der Waals surface area contributed by atoms with Gasteiger partial charge in [0.1, 0.15) is 0 Å². The van der Waals surface area contributed by atoms with Crippen molar-refractivity contribution >= 4 is 46.3 Å². The Balaban J connectivity index is 1.60. The molecule has 0 saturated carbocycles. The maximum atomic E-state index is 4.95. The Morgan fingerprint density at radius 2 is 0.708 bits per heavy atom. The third-order valence-electron chi connectivity index (χ3n) is 8.09. The van der Waals surface area contributed by atoms with E-state index in [9.17, 15) is 0 Å². The minimum atomic E-state index is 0.889. The number of benzene rings is 6. The maximum Gasteiger partial charge on any atom is 0.0629 e. The van der Waals surface area contributed by atoms with E-state index in [1.807, 2.05) is 99.3 Å². The number of para-hydroxylation sites is 2. The maximum absolute atomic E-state index is 4.95. The number of aliphatic imine (C=N–C) groups is 2. The molecule has 0 aliphatic heterocycles. The summed E-state index contributed by atoms with van der Waals surface area (Å²) in [5, 5.41) is 7.01. The summed E-state index contributed by atoms with van der Waals surface area (Å²) in [6.07, 6.45) is 3.96. The lowest BCUT2D eigenvalue weighted by Gasteiger charge is -2.20. The molecule has 4 nitrogen and oxygen atoms in total. The summed E-state index contributed by atoms with van der Waals surface area (Å²) in [6, 6.07) is 58.0. The van der Waals surface area contributed by atoms with Crippen molar-refractivity contribution in [2.45, 2.75) is 0 Å². The van der Waals surface area contributed by atoms with Crippen LogP contribution in [-0.2, 0) is 0 Å². The van der Waals surface area contributed by atoms with Gasteiger partial charge in [-0.3, -0.25) is 9.98 Å². The third-order valence-corrected chi connectivity index (χ3v) is 8.09. The van der Waals surface area contributed by atoms with Crippen LogP contribution in [0.15, 0.2) is 180 Å². The quantitative estimate of drug-likeness (QED) is 0.112. The van der Waals surface area contributed by atoms with Crippen LogP contribution < -0.4 is 10.6 Å². The minimum Gasteiger partial charge on any atom is -0.387 e. The van der Waals surface area contributed by atoms with Crippen LogP contribution in [0, 0.1) is 0 Å². The van der Waals surface area contributed by atoms with Gasteiger partial charge in [-0.2, -0.15) is 0 Å². The topological polar surface area (TPSA) is 48.8 Å². The smallest absolute Gasteiger partial charge is 0.0629 e. The average Bonchev–Trinajstić information content (AvgIpc) is 3.16. The molecule has 0 amide bonds. The lowest BCUT2D eigenvalue weighted by molar-refractivity contribution is 1.13. The molecule has 6 aromatic carbocycles. The van der Waals surface area contributed by atoms with Crippen molar-refractivity contribution in [3.8, 4) is 11.1 Å². The van der Waals surface area contributed by atoms with E-state index >= 15 is 0 Å². The standard InChI is InChI=1S/C44H38N4/c1-45-43(33-19-7-3-8-20-33)41(31-47-35-23-11-5-12-24-35)39-29-17-15-27-37(39)38-28-16-18-30-40(38)42(32-48-36-25-13-6-14-26-36)44(46-2)34-21-9-4-10-22-34/h3-32,45-46H,1-2H3/b43-41+,44-42+,47-31+,48-32+. The Labute approximate surface area is 283 Å². The summed E-state index contributed by atoms with van der Waals surface area (Å²) in [5.74, 6) is 0. The summed E-state index contributed by atoms with van der Waals surface area (Å²) in [5.41, 5.74) is 12.2. The van der Waals surface area contributed by atoms with Crippen LogP contribution in [0.1, 0.15) is 22.3 Å². The van der Waals surface area contributed by atoms with Crippen LogP contribution in [-0.4, -0.2) is 26.5 Å². The molecule has 0 spiro atoms. The Morgan fingerprint density at radius 3 is 1.06 bits per heavy atom. The van der Waals surface area contributed by atoms with Gasteiger partial charge in [0.2, 0.25) is 0 Å². The van der Waals surface area contributed by atoms with E-state index in [1.165, 1.54) is 0 Å². The first kappa shape index (κ1) is 31.7. The van der Waals surface area contributed by atoms with Gasteiger partial charge in [-0.25, -0.2) is 0 Å². The molecular formula is C44H38N4. The third kappa shape index (κ3) is 7.41. The first-order valence-electron chi connectivity index (χ1n) is 16.1. The number of hydrogen-bond acceptors (Lipinski definition) is 4. The molecule has 0 heterocycles. The van der Waals surface area contributed by atoms with Crippen molar-refractivity contribution in [2.24, 2.45) is 9.98 Å². The summed E-state index contributed by atoms with van der Waals surface area (Å²) in [6.45, 7) is 0. The Hall–Kier alpha value is -6.26. The molecule has 0 aliphatic rings. The van der Waals surface area contributed by atoms with Crippen molar-refractivity contribution in [1.29, 1.82) is 0 Å². The molecule has 0 saturated heterocycles. The second kappa shape index (κ2) is 15.8. The molecule has 4 heteroatoms. The van der Waals surface area contributed by atoms with Gasteiger partial charge in [0.15, 0.2) is 0 Å². The number of allylic oxidation sites excluding steroid dienone is 2. The van der Waals surface area contributed by atoms with Gasteiger partial charge in [-0.15, -0.1) is 0 Å². The largest absolute Gasteiger partial charge is 0.387 e. The molecule has 0 fully saturated rings. The van der Waals surface area contributed by atoms with Crippen LogP contribution >= 0.6 is 0 Å². The number of rotatable bonds is 11. The van der Waals surface area contributed by atoms with Gasteiger partial charge in [-0.05, 0) is 57.6 Å². The van der Waals surface area contributed by atoms with Crippen LogP contribution in [0.3, 0.4) is 0 Å². The molecule has 6 aromatic rings. The Morgan fingerprint density at radius 1 is 0.396 bits per heavy atom. The van der Waals surface area contributed by atoms with Crippen LogP contribution in [0.2, 0.25) is 0 Å². The normalized spacial score (nSPS) is 12.5. The molecule has 2 N–H and O–H groups in total. The van der Waals surface area contributed by atoms with E-state index in [0.29, 0.717) is 0 Å². The summed E-state index contributed by atoms with van der Waals surface area (Å²) < 4.78 is 0. The Bertz CT molecular complexity index is 1910. The highest BCUT2D eigenvalue weighted by atomic mass is 14.8. The van der Waals surface area contributed by atoms with E-state index in [-0.39, 0.29) is 0 Å². The van der Waals surface area contributed by atoms with Crippen molar-refractivity contribution in [1.82, 2.24) is 10.6 Å². The van der Waals surface area contributed by atoms with Gasteiger partial charge in [-0.1, -0.05) is 146 Å². The van der Waals surface area contributed by atoms with Gasteiger partial charge >= 0.3 is 0 Å². The molecule has 0 radical (unpaired) electrons. The second-order valence-corrected chi connectivity index (χ2v) is 11.1. The summed E-state index contributed by atoms with van der Waals surface area (Å²) in [4.78, 5) is 9.90. The fourth-order valence-corrected chi connectivity index (χ4v) is 5.83. The fraction of sp³-hybridized carbons (Fsp3) is 0.0455. The molecule has 6 rings (SSSR count). The zero-order valence-corrected chi connectivity index (χ0v) is 27.2. The molecule has 0 atom stereocenters. The average molecular weight is 623 g/mol. The minimum absolute atomic E-state index is 0.889. The van der Waals surface area contributed by atoms with E-state index < -0.39 is 0 Å². The monoisotopic (exact) mass is 622 g/mol. The van der Waals surface area contributed by atoms with Crippen molar-refractivity contribution in [3.05, 3.63) is 192 Å². The zero-order chi connectivity index (χ0) is 33.0. The molecule has 0 unspecified atom stereocenters. The fourth-order valence-electron chi connectivity index (χ4n) is 5.83. The van der Waals surface area contributed by atoms with E-state index in [0.717, 1.165) is 67.3 Å². The first-order chi connectivity index (χ1) is 23.8. The molecule has 234 valence electrons. The molecule has 0 bridgehead atoms. The van der Waals surface area contributed by atoms with E-state index in [1.54, 1.807) is 0 Å². The zero-order valence-electron chi connectivity index (χ0n) is 27.2. The van der Waals surface area contributed by atoms with Crippen LogP contribution in [0.25, 0.3) is 33.7 Å². The van der Waals surface area contributed by atoms with Crippen LogP contribution in [0.4, 0.5) is 11.4 Å². The van der Waals surface area contributed by atoms with Gasteiger partial charge < -0.3 is 10.6 Å². The number of nitrogens with one attached hydrogen (secondary N) is 2. The van der Waals surface area contributed by atoms with Crippen molar-refractivity contribution in [3.63, 3.8) is 0 Å². The number of hydrogen-bond donors (Lipinski definition) is 2. The second-order valence-electron chi connectivity index (χ2n) is 11.1. The Kier molecular flexibility index (Phi) is 10.5. The highest BCUT2D eigenvalue weighted by Gasteiger charge is 2.19. The van der Waals surface area contributed by atoms with Crippen LogP contribution in [0.5, 0.6) is 0 Å². The predicted molar refractivity (Wildman–Crippen MR) is 206 cm³/mol. The molecule has 48 heavy (non-hydrogen) atoms. The van der Waals surface area contributed by atoms with E-state index in [2.05, 4.69) is 108 Å². The highest BCUT2D eigenvalue weighted by Crippen LogP contribution is 2.38. The first-order valence-corrected chi connectivity index (χ1v) is 16.1. The SMILES string of the molecule is CN/C(=C(\C=N\c1ccccc1)c1ccccc1-c1ccccc1C(/C=N/c1ccccc1)=C(/NC)c1ccccc1)c1ccccc1.